The molecule has 3 nitrogen and oxygen atoms in total. The van der Waals surface area contributed by atoms with Gasteiger partial charge < -0.3 is 9.80 Å². The molecule has 70 valence electrons. The number of carbonyl (C=O) groups excluding carboxylic acids is 1. The van der Waals surface area contributed by atoms with Crippen LogP contribution in [0.1, 0.15) is 12.8 Å². The monoisotopic (exact) mass is 188 g/mol. The molecule has 0 aromatic carbocycles. The first kappa shape index (κ1) is 9.71. The minimum atomic E-state index is 0.175. The van der Waals surface area contributed by atoms with Gasteiger partial charge in [0.15, 0.2) is 0 Å². The molecule has 2 amide bonds. The Morgan fingerprint density at radius 1 is 1.42 bits per heavy atom. The van der Waals surface area contributed by atoms with E-state index in [9.17, 15) is 4.79 Å². The predicted molar refractivity (Wildman–Crippen MR) is 52.7 cm³/mol. The van der Waals surface area contributed by atoms with Crippen LogP contribution in [0.5, 0.6) is 0 Å². The van der Waals surface area contributed by atoms with Crippen LogP contribution < -0.4 is 0 Å². The van der Waals surface area contributed by atoms with Crippen molar-refractivity contribution < 1.29 is 4.79 Å². The number of rotatable bonds is 4. The van der Waals surface area contributed by atoms with Crippen LogP contribution in [-0.4, -0.2) is 48.3 Å². The first-order chi connectivity index (χ1) is 5.75. The number of nitrogens with zero attached hydrogens (tertiary/aromatic N) is 2. The summed E-state index contributed by atoms with van der Waals surface area (Å²) in [7, 11) is 1.85. The van der Waals surface area contributed by atoms with Crippen molar-refractivity contribution >= 4 is 18.7 Å². The smallest absolute Gasteiger partial charge is 0.319 e. The normalized spacial score (nSPS) is 17.7. The van der Waals surface area contributed by atoms with E-state index < -0.39 is 0 Å². The average Bonchev–Trinajstić information content (AvgIpc) is 2.36. The van der Waals surface area contributed by atoms with E-state index in [1.807, 2.05) is 11.9 Å². The van der Waals surface area contributed by atoms with Crippen LogP contribution in [0, 0.1) is 0 Å². The Bertz CT molecular complexity index is 163. The fourth-order valence-electron chi connectivity index (χ4n) is 1.33. The van der Waals surface area contributed by atoms with E-state index in [0.717, 1.165) is 38.2 Å². The Balaban J connectivity index is 2.20. The Morgan fingerprint density at radius 3 is 2.67 bits per heavy atom. The molecule has 0 aliphatic carbocycles. The second-order valence-corrected chi connectivity index (χ2v) is 3.57. The number of carbonyl (C=O) groups is 1. The molecule has 12 heavy (non-hydrogen) atoms. The highest BCUT2D eigenvalue weighted by Crippen LogP contribution is 2.07. The van der Waals surface area contributed by atoms with Crippen LogP contribution >= 0.6 is 12.6 Å². The molecule has 1 aliphatic rings. The molecule has 0 unspecified atom stereocenters. The molecule has 1 rings (SSSR count). The maximum Gasteiger partial charge on any atom is 0.319 e. The van der Waals surface area contributed by atoms with Crippen LogP contribution in [0.3, 0.4) is 0 Å². The highest BCUT2D eigenvalue weighted by molar-refractivity contribution is 7.80. The topological polar surface area (TPSA) is 23.6 Å². The third kappa shape index (κ3) is 2.30. The summed E-state index contributed by atoms with van der Waals surface area (Å²) in [4.78, 5) is 15.0. The minimum absolute atomic E-state index is 0.175. The van der Waals surface area contributed by atoms with Crippen molar-refractivity contribution in [3.8, 4) is 0 Å². The summed E-state index contributed by atoms with van der Waals surface area (Å²) in [6, 6.07) is 0.175. The van der Waals surface area contributed by atoms with E-state index in [1.54, 1.807) is 4.90 Å². The molecule has 1 fully saturated rings. The van der Waals surface area contributed by atoms with Crippen molar-refractivity contribution in [3.63, 3.8) is 0 Å². The molecule has 4 heteroatoms. The molecule has 0 bridgehead atoms. The van der Waals surface area contributed by atoms with Gasteiger partial charge in [0.2, 0.25) is 0 Å². The highest BCUT2D eigenvalue weighted by atomic mass is 32.1. The molecule has 0 atom stereocenters. The molecular formula is C8H16N2OS. The molecular weight excluding hydrogens is 172 g/mol. The lowest BCUT2D eigenvalue weighted by molar-refractivity contribution is 0.198. The van der Waals surface area contributed by atoms with Crippen LogP contribution in [0.4, 0.5) is 4.79 Å². The molecule has 1 heterocycles. The fraction of sp³-hybridized carbons (Fsp3) is 0.875. The zero-order chi connectivity index (χ0) is 8.97. The zero-order valence-corrected chi connectivity index (χ0v) is 8.39. The van der Waals surface area contributed by atoms with Gasteiger partial charge >= 0.3 is 6.03 Å². The lowest BCUT2D eigenvalue weighted by Crippen LogP contribution is -2.30. The number of likely N-dealkylation sites (N-methyl/N-ethyl adjacent to an activating group) is 1. The lowest BCUT2D eigenvalue weighted by Gasteiger charge is -2.14. The summed E-state index contributed by atoms with van der Waals surface area (Å²) >= 11 is 4.12. The molecule has 0 radical (unpaired) electrons. The third-order valence-electron chi connectivity index (χ3n) is 2.14. The summed E-state index contributed by atoms with van der Waals surface area (Å²) in [5.74, 6) is 0.915. The molecule has 0 N–H and O–H groups in total. The van der Waals surface area contributed by atoms with Crippen molar-refractivity contribution in [1.82, 2.24) is 9.80 Å². The minimum Gasteiger partial charge on any atom is -0.326 e. The number of urea groups is 1. The van der Waals surface area contributed by atoms with Crippen molar-refractivity contribution in [2.24, 2.45) is 0 Å². The Hall–Kier alpha value is -0.380. The number of thiol groups is 1. The van der Waals surface area contributed by atoms with Gasteiger partial charge in [0.05, 0.1) is 0 Å². The van der Waals surface area contributed by atoms with Gasteiger partial charge in [0, 0.05) is 26.7 Å². The quantitative estimate of drug-likeness (QED) is 0.517. The highest BCUT2D eigenvalue weighted by Gasteiger charge is 2.23. The second kappa shape index (κ2) is 4.60. The average molecular weight is 188 g/mol. The van der Waals surface area contributed by atoms with Crippen LogP contribution in [0.15, 0.2) is 0 Å². The maximum absolute atomic E-state index is 11.3. The van der Waals surface area contributed by atoms with Crippen LogP contribution in [-0.2, 0) is 0 Å². The molecule has 0 spiro atoms. The van der Waals surface area contributed by atoms with Crippen LogP contribution in [0.25, 0.3) is 0 Å². The van der Waals surface area contributed by atoms with Gasteiger partial charge in [0.25, 0.3) is 0 Å². The first-order valence-corrected chi connectivity index (χ1v) is 5.00. The zero-order valence-electron chi connectivity index (χ0n) is 7.49. The standard InChI is InChI=1S/C8H16N2OS/c1-9-5-6-10(8(9)11)4-2-3-7-12/h12H,2-7H2,1H3. The van der Waals surface area contributed by atoms with Gasteiger partial charge in [-0.25, -0.2) is 4.79 Å². The number of unbranched alkanes of at least 4 members (excludes halogenated alkanes) is 1. The Kier molecular flexibility index (Phi) is 3.72. The number of hydrogen-bond donors (Lipinski definition) is 1. The third-order valence-corrected chi connectivity index (χ3v) is 2.45. The van der Waals surface area contributed by atoms with Gasteiger partial charge in [0.1, 0.15) is 0 Å². The van der Waals surface area contributed by atoms with E-state index >= 15 is 0 Å². The van der Waals surface area contributed by atoms with Gasteiger partial charge in [-0.1, -0.05) is 0 Å². The summed E-state index contributed by atoms with van der Waals surface area (Å²) in [5.41, 5.74) is 0. The van der Waals surface area contributed by atoms with Crippen molar-refractivity contribution in [2.75, 3.05) is 32.4 Å². The molecule has 0 saturated carbocycles. The number of amides is 2. The first-order valence-electron chi connectivity index (χ1n) is 4.36. The fourth-order valence-corrected chi connectivity index (χ4v) is 1.55. The Morgan fingerprint density at radius 2 is 2.17 bits per heavy atom. The van der Waals surface area contributed by atoms with Gasteiger partial charge in [-0.05, 0) is 18.6 Å². The van der Waals surface area contributed by atoms with Crippen molar-refractivity contribution in [3.05, 3.63) is 0 Å². The Labute approximate surface area is 79.1 Å². The molecule has 0 aromatic heterocycles. The van der Waals surface area contributed by atoms with Crippen molar-refractivity contribution in [2.45, 2.75) is 12.8 Å². The largest absolute Gasteiger partial charge is 0.326 e. The lowest BCUT2D eigenvalue weighted by atomic mass is 10.3. The molecule has 1 aliphatic heterocycles. The summed E-state index contributed by atoms with van der Waals surface area (Å²) in [6.07, 6.45) is 2.17. The van der Waals surface area contributed by atoms with E-state index in [0.29, 0.717) is 0 Å². The second-order valence-electron chi connectivity index (χ2n) is 3.12. The van der Waals surface area contributed by atoms with Crippen LogP contribution in [0.2, 0.25) is 0 Å². The van der Waals surface area contributed by atoms with Gasteiger partial charge in [-0.3, -0.25) is 0 Å². The SMILES string of the molecule is CN1CCN(CCCCS)C1=O. The van der Waals surface area contributed by atoms with E-state index in [2.05, 4.69) is 12.6 Å². The summed E-state index contributed by atoms with van der Waals surface area (Å²) in [6.45, 7) is 2.66. The predicted octanol–water partition coefficient (Wildman–Crippen LogP) is 1.06. The summed E-state index contributed by atoms with van der Waals surface area (Å²) < 4.78 is 0. The van der Waals surface area contributed by atoms with E-state index in [1.165, 1.54) is 0 Å². The maximum atomic E-state index is 11.3. The molecule has 0 aromatic rings. The van der Waals surface area contributed by atoms with Crippen molar-refractivity contribution in [1.29, 1.82) is 0 Å². The van der Waals surface area contributed by atoms with Gasteiger partial charge in [-0.15, -0.1) is 0 Å². The van der Waals surface area contributed by atoms with E-state index in [-0.39, 0.29) is 6.03 Å². The number of hydrogen-bond acceptors (Lipinski definition) is 2. The van der Waals surface area contributed by atoms with Gasteiger partial charge in [-0.2, -0.15) is 12.6 Å². The molecule has 1 saturated heterocycles. The van der Waals surface area contributed by atoms with E-state index in [4.69, 9.17) is 0 Å². The summed E-state index contributed by atoms with van der Waals surface area (Å²) in [5, 5.41) is 0.